The third kappa shape index (κ3) is 5.25. The number of rotatable bonds is 1. The Morgan fingerprint density at radius 1 is 1.11 bits per heavy atom. The molecule has 5 heteroatoms. The highest BCUT2D eigenvalue weighted by Crippen LogP contribution is 2.12. The summed E-state index contributed by atoms with van der Waals surface area (Å²) < 4.78 is 0. The van der Waals surface area contributed by atoms with Gasteiger partial charge in [0.05, 0.1) is 17.3 Å². The molecule has 0 bridgehead atoms. The van der Waals surface area contributed by atoms with Gasteiger partial charge in [-0.3, -0.25) is 19.7 Å². The van der Waals surface area contributed by atoms with Gasteiger partial charge in [0, 0.05) is 30.4 Å². The first-order valence-corrected chi connectivity index (χ1v) is 5.81. The van der Waals surface area contributed by atoms with Crippen molar-refractivity contribution >= 4 is 5.97 Å². The molecule has 0 saturated carbocycles. The Balaban J connectivity index is 0.000000224. The zero-order chi connectivity index (χ0) is 14.3. The average Bonchev–Trinajstić information content (AvgIpc) is 2.40. The second-order valence-electron chi connectivity index (χ2n) is 4.89. The van der Waals surface area contributed by atoms with E-state index in [2.05, 4.69) is 15.0 Å². The molecule has 0 amide bonds. The lowest BCUT2D eigenvalue weighted by Gasteiger charge is -2.08. The Morgan fingerprint density at radius 3 is 2.16 bits per heavy atom. The Bertz CT molecular complexity index is 470. The third-order valence-corrected chi connectivity index (χ3v) is 2.16. The Morgan fingerprint density at radius 2 is 1.74 bits per heavy atom. The van der Waals surface area contributed by atoms with Gasteiger partial charge >= 0.3 is 5.97 Å². The number of hydrogen-bond donors (Lipinski definition) is 1. The summed E-state index contributed by atoms with van der Waals surface area (Å²) >= 11 is 0. The van der Waals surface area contributed by atoms with E-state index in [9.17, 15) is 4.79 Å². The van der Waals surface area contributed by atoms with Gasteiger partial charge in [0.2, 0.25) is 0 Å². The van der Waals surface area contributed by atoms with Gasteiger partial charge in [-0.2, -0.15) is 0 Å². The van der Waals surface area contributed by atoms with Gasteiger partial charge in [-0.05, 0) is 32.9 Å². The molecule has 0 radical (unpaired) electrons. The number of nitrogens with zero attached hydrogens (tertiary/aromatic N) is 3. The molecule has 100 valence electrons. The summed E-state index contributed by atoms with van der Waals surface area (Å²) in [4.78, 5) is 22.1. The van der Waals surface area contributed by atoms with Gasteiger partial charge in [0.15, 0.2) is 0 Å². The summed E-state index contributed by atoms with van der Waals surface area (Å²) in [7, 11) is 0. The molecule has 2 heterocycles. The van der Waals surface area contributed by atoms with Gasteiger partial charge in [0.25, 0.3) is 0 Å². The van der Waals surface area contributed by atoms with Crippen LogP contribution in [0.1, 0.15) is 20.8 Å². The summed E-state index contributed by atoms with van der Waals surface area (Å²) in [6, 6.07) is 3.83. The van der Waals surface area contributed by atoms with E-state index in [0.29, 0.717) is 0 Å². The second-order valence-corrected chi connectivity index (χ2v) is 4.89. The smallest absolute Gasteiger partial charge is 0.308 e. The highest BCUT2D eigenvalue weighted by Gasteiger charge is 2.18. The van der Waals surface area contributed by atoms with Gasteiger partial charge in [0.1, 0.15) is 0 Å². The minimum Gasteiger partial charge on any atom is -0.481 e. The number of aliphatic carboxylic acids is 1. The van der Waals surface area contributed by atoms with E-state index < -0.39 is 11.4 Å². The largest absolute Gasteiger partial charge is 0.481 e. The first-order valence-electron chi connectivity index (χ1n) is 5.81. The van der Waals surface area contributed by atoms with Crippen LogP contribution in [0.5, 0.6) is 0 Å². The molecular weight excluding hydrogens is 242 g/mol. The summed E-state index contributed by atoms with van der Waals surface area (Å²) in [5.41, 5.74) is 1.26. The molecule has 0 saturated heterocycles. The number of aromatic nitrogens is 3. The summed E-state index contributed by atoms with van der Waals surface area (Å²) in [6.07, 6.45) is 8.54. The van der Waals surface area contributed by atoms with Crippen LogP contribution >= 0.6 is 0 Å². The standard InChI is InChI=1S/C9H7N3.C5H10O2/c1-2-8(6-10-3-1)9-7-11-4-5-12-9;1-5(2,3)4(6)7/h1-7H;1-3H3,(H,6,7). The quantitative estimate of drug-likeness (QED) is 0.852. The number of carboxylic acid groups (broad SMARTS) is 1. The molecule has 0 spiro atoms. The van der Waals surface area contributed by atoms with Crippen molar-refractivity contribution in [2.24, 2.45) is 5.41 Å². The molecule has 0 aromatic carbocycles. The van der Waals surface area contributed by atoms with E-state index in [1.807, 2.05) is 12.1 Å². The molecule has 0 aliphatic rings. The maximum atomic E-state index is 10.0. The predicted molar refractivity (Wildman–Crippen MR) is 72.4 cm³/mol. The highest BCUT2D eigenvalue weighted by atomic mass is 16.4. The normalized spacial score (nSPS) is 10.3. The zero-order valence-electron chi connectivity index (χ0n) is 11.2. The van der Waals surface area contributed by atoms with Crippen LogP contribution in [0.15, 0.2) is 43.1 Å². The number of carboxylic acids is 1. The predicted octanol–water partition coefficient (Wildman–Crippen LogP) is 2.66. The number of hydrogen-bond acceptors (Lipinski definition) is 4. The van der Waals surface area contributed by atoms with Crippen LogP contribution in [0.4, 0.5) is 0 Å². The van der Waals surface area contributed by atoms with E-state index >= 15 is 0 Å². The Hall–Kier alpha value is -2.30. The lowest BCUT2D eigenvalue weighted by molar-refractivity contribution is -0.145. The number of carbonyl (C=O) groups is 1. The molecular formula is C14H17N3O2. The van der Waals surface area contributed by atoms with Crippen LogP contribution < -0.4 is 0 Å². The van der Waals surface area contributed by atoms with Gasteiger partial charge in [-0.1, -0.05) is 0 Å². The fourth-order valence-electron chi connectivity index (χ4n) is 0.962. The van der Waals surface area contributed by atoms with Crippen LogP contribution in [0.25, 0.3) is 11.3 Å². The lowest BCUT2D eigenvalue weighted by atomic mass is 9.98. The van der Waals surface area contributed by atoms with Crippen molar-refractivity contribution in [3.63, 3.8) is 0 Å². The second kappa shape index (κ2) is 6.58. The van der Waals surface area contributed by atoms with E-state index in [0.717, 1.165) is 11.3 Å². The van der Waals surface area contributed by atoms with Crippen molar-refractivity contribution in [1.82, 2.24) is 15.0 Å². The average molecular weight is 259 g/mol. The van der Waals surface area contributed by atoms with Crippen molar-refractivity contribution in [3.05, 3.63) is 43.1 Å². The van der Waals surface area contributed by atoms with Crippen molar-refractivity contribution in [2.75, 3.05) is 0 Å². The van der Waals surface area contributed by atoms with Crippen LogP contribution in [-0.2, 0) is 4.79 Å². The summed E-state index contributed by atoms with van der Waals surface area (Å²) in [5, 5.41) is 8.25. The topological polar surface area (TPSA) is 76.0 Å². The maximum absolute atomic E-state index is 10.0. The lowest BCUT2D eigenvalue weighted by Crippen LogP contribution is -2.18. The fraction of sp³-hybridized carbons (Fsp3) is 0.286. The van der Waals surface area contributed by atoms with E-state index in [4.69, 9.17) is 5.11 Å². The molecule has 0 unspecified atom stereocenters. The molecule has 2 rings (SSSR count). The molecule has 2 aromatic rings. The highest BCUT2D eigenvalue weighted by molar-refractivity contribution is 5.72. The maximum Gasteiger partial charge on any atom is 0.308 e. The van der Waals surface area contributed by atoms with E-state index in [-0.39, 0.29) is 0 Å². The molecule has 2 aromatic heterocycles. The summed E-state index contributed by atoms with van der Waals surface area (Å²) in [6.45, 7) is 4.99. The first-order chi connectivity index (χ1) is 8.91. The Labute approximate surface area is 112 Å². The van der Waals surface area contributed by atoms with Crippen LogP contribution in [0.2, 0.25) is 0 Å². The van der Waals surface area contributed by atoms with Crippen molar-refractivity contribution in [2.45, 2.75) is 20.8 Å². The van der Waals surface area contributed by atoms with Crippen LogP contribution in [0.3, 0.4) is 0 Å². The SMILES string of the molecule is CC(C)(C)C(=O)O.c1cncc(-c2cnccn2)c1. The third-order valence-electron chi connectivity index (χ3n) is 2.16. The first kappa shape index (κ1) is 14.8. The van der Waals surface area contributed by atoms with E-state index in [1.54, 1.807) is 51.8 Å². The fourth-order valence-corrected chi connectivity index (χ4v) is 0.962. The van der Waals surface area contributed by atoms with Crippen LogP contribution in [-0.4, -0.2) is 26.0 Å². The molecule has 0 atom stereocenters. The van der Waals surface area contributed by atoms with Gasteiger partial charge < -0.3 is 5.11 Å². The van der Waals surface area contributed by atoms with E-state index in [1.165, 1.54) is 0 Å². The van der Waals surface area contributed by atoms with Gasteiger partial charge in [-0.25, -0.2) is 0 Å². The minimum atomic E-state index is -0.757. The summed E-state index contributed by atoms with van der Waals surface area (Å²) in [5.74, 6) is -0.757. The minimum absolute atomic E-state index is 0.583. The van der Waals surface area contributed by atoms with Crippen molar-refractivity contribution in [3.8, 4) is 11.3 Å². The monoisotopic (exact) mass is 259 g/mol. The molecule has 19 heavy (non-hydrogen) atoms. The molecule has 0 aliphatic carbocycles. The van der Waals surface area contributed by atoms with Crippen molar-refractivity contribution < 1.29 is 9.90 Å². The molecule has 0 fully saturated rings. The molecule has 5 nitrogen and oxygen atoms in total. The molecule has 1 N–H and O–H groups in total. The van der Waals surface area contributed by atoms with Crippen LogP contribution in [0, 0.1) is 5.41 Å². The van der Waals surface area contributed by atoms with Gasteiger partial charge in [-0.15, -0.1) is 0 Å². The number of pyridine rings is 1. The Kier molecular flexibility index (Phi) is 5.11. The molecule has 0 aliphatic heterocycles. The zero-order valence-corrected chi connectivity index (χ0v) is 11.2. The van der Waals surface area contributed by atoms with Crippen molar-refractivity contribution in [1.29, 1.82) is 0 Å².